The summed E-state index contributed by atoms with van der Waals surface area (Å²) >= 11 is 0. The highest BCUT2D eigenvalue weighted by atomic mass is 19.1. The maximum Gasteiger partial charge on any atom is 0.254 e. The van der Waals surface area contributed by atoms with Gasteiger partial charge >= 0.3 is 0 Å². The van der Waals surface area contributed by atoms with Crippen molar-refractivity contribution < 1.29 is 9.18 Å². The predicted octanol–water partition coefficient (Wildman–Crippen LogP) is 4.65. The molecule has 1 unspecified atom stereocenters. The van der Waals surface area contributed by atoms with Crippen molar-refractivity contribution in [2.45, 2.75) is 64.8 Å². The maximum absolute atomic E-state index is 14.1. The van der Waals surface area contributed by atoms with Crippen molar-refractivity contribution >= 4 is 5.91 Å². The van der Waals surface area contributed by atoms with Gasteiger partial charge in [-0.05, 0) is 61.6 Å². The summed E-state index contributed by atoms with van der Waals surface area (Å²) in [6, 6.07) is 5.18. The first-order valence-electron chi connectivity index (χ1n) is 8.11. The van der Waals surface area contributed by atoms with E-state index in [1.807, 2.05) is 6.07 Å². The van der Waals surface area contributed by atoms with Gasteiger partial charge in [0.1, 0.15) is 5.82 Å². The van der Waals surface area contributed by atoms with E-state index in [9.17, 15) is 9.18 Å². The number of benzene rings is 1. The molecule has 0 aromatic heterocycles. The Labute approximate surface area is 127 Å². The van der Waals surface area contributed by atoms with Crippen molar-refractivity contribution in [1.82, 2.24) is 5.32 Å². The predicted molar refractivity (Wildman–Crippen MR) is 84.0 cm³/mol. The van der Waals surface area contributed by atoms with Crippen LogP contribution >= 0.6 is 0 Å². The van der Waals surface area contributed by atoms with Crippen LogP contribution in [0.4, 0.5) is 4.39 Å². The van der Waals surface area contributed by atoms with E-state index in [-0.39, 0.29) is 17.5 Å². The van der Waals surface area contributed by atoms with Crippen LogP contribution in [-0.4, -0.2) is 11.9 Å². The summed E-state index contributed by atoms with van der Waals surface area (Å²) in [6.07, 6.45) is 5.17. The van der Waals surface area contributed by atoms with Gasteiger partial charge in [-0.1, -0.05) is 26.8 Å². The summed E-state index contributed by atoms with van der Waals surface area (Å²) in [5, 5.41) is 2.96. The zero-order chi connectivity index (χ0) is 15.4. The van der Waals surface area contributed by atoms with E-state index in [1.165, 1.54) is 6.07 Å². The monoisotopic (exact) mass is 291 g/mol. The zero-order valence-corrected chi connectivity index (χ0v) is 13.3. The molecule has 2 rings (SSSR count). The SMILES string of the molecule is CCC(CCC(C)C)NC(=O)c1ccc(C2CC2)cc1F. The standard InChI is InChI=1S/C18H26FNO/c1-4-15(9-5-12(2)3)20-18(21)16-10-8-14(11-17(16)19)13-6-7-13/h8,10-13,15H,4-7,9H2,1-3H3,(H,20,21). The molecule has 0 radical (unpaired) electrons. The molecule has 116 valence electrons. The Kier molecular flexibility index (Phi) is 5.38. The van der Waals surface area contributed by atoms with Crippen molar-refractivity contribution in [3.05, 3.63) is 35.1 Å². The number of hydrogen-bond donors (Lipinski definition) is 1. The zero-order valence-electron chi connectivity index (χ0n) is 13.3. The molecule has 2 nitrogen and oxygen atoms in total. The molecule has 1 aromatic rings. The average molecular weight is 291 g/mol. The third-order valence-corrected chi connectivity index (χ3v) is 4.21. The van der Waals surface area contributed by atoms with E-state index in [2.05, 4.69) is 26.1 Å². The quantitative estimate of drug-likeness (QED) is 0.778. The summed E-state index contributed by atoms with van der Waals surface area (Å²) in [7, 11) is 0. The lowest BCUT2D eigenvalue weighted by Gasteiger charge is -2.18. The molecule has 1 aromatic carbocycles. The minimum Gasteiger partial charge on any atom is -0.349 e. The van der Waals surface area contributed by atoms with Crippen LogP contribution in [0.5, 0.6) is 0 Å². The summed E-state index contributed by atoms with van der Waals surface area (Å²) in [4.78, 5) is 12.2. The van der Waals surface area contributed by atoms with Crippen molar-refractivity contribution in [2.75, 3.05) is 0 Å². The second-order valence-electron chi connectivity index (χ2n) is 6.56. The highest BCUT2D eigenvalue weighted by Crippen LogP contribution is 2.40. The Morgan fingerprint density at radius 3 is 2.57 bits per heavy atom. The first-order valence-corrected chi connectivity index (χ1v) is 8.11. The third-order valence-electron chi connectivity index (χ3n) is 4.21. The first kappa shape index (κ1) is 16.0. The fourth-order valence-corrected chi connectivity index (χ4v) is 2.56. The molecular formula is C18H26FNO. The molecule has 21 heavy (non-hydrogen) atoms. The van der Waals surface area contributed by atoms with Gasteiger partial charge in [0.05, 0.1) is 5.56 Å². The molecule has 1 aliphatic carbocycles. The highest BCUT2D eigenvalue weighted by Gasteiger charge is 2.25. The number of carbonyl (C=O) groups is 1. The Morgan fingerprint density at radius 1 is 1.33 bits per heavy atom. The second-order valence-corrected chi connectivity index (χ2v) is 6.56. The summed E-state index contributed by atoms with van der Waals surface area (Å²) in [5.41, 5.74) is 1.19. The van der Waals surface area contributed by atoms with Gasteiger partial charge in [0.2, 0.25) is 0 Å². The van der Waals surface area contributed by atoms with Gasteiger partial charge in [-0.2, -0.15) is 0 Å². The number of nitrogens with one attached hydrogen (secondary N) is 1. The highest BCUT2D eigenvalue weighted by molar-refractivity contribution is 5.94. The topological polar surface area (TPSA) is 29.1 Å². The van der Waals surface area contributed by atoms with Gasteiger partial charge in [0.25, 0.3) is 5.91 Å². The minimum absolute atomic E-state index is 0.127. The summed E-state index contributed by atoms with van der Waals surface area (Å²) in [5.74, 6) is 0.442. The van der Waals surface area contributed by atoms with Gasteiger partial charge < -0.3 is 5.32 Å². The Morgan fingerprint density at radius 2 is 2.05 bits per heavy atom. The Hall–Kier alpha value is -1.38. The lowest BCUT2D eigenvalue weighted by molar-refractivity contribution is 0.0928. The van der Waals surface area contributed by atoms with E-state index < -0.39 is 5.82 Å². The van der Waals surface area contributed by atoms with Crippen molar-refractivity contribution in [1.29, 1.82) is 0 Å². The van der Waals surface area contributed by atoms with Crippen LogP contribution in [0.2, 0.25) is 0 Å². The van der Waals surface area contributed by atoms with Crippen LogP contribution in [0, 0.1) is 11.7 Å². The number of rotatable bonds is 7. The molecule has 0 heterocycles. The Bertz CT molecular complexity index is 494. The van der Waals surface area contributed by atoms with Gasteiger partial charge in [-0.15, -0.1) is 0 Å². The van der Waals surface area contributed by atoms with Crippen molar-refractivity contribution in [3.8, 4) is 0 Å². The normalized spacial score (nSPS) is 16.0. The van der Waals surface area contributed by atoms with Crippen LogP contribution < -0.4 is 5.32 Å². The third kappa shape index (κ3) is 4.55. The molecule has 1 amide bonds. The van der Waals surface area contributed by atoms with Crippen LogP contribution in [0.3, 0.4) is 0 Å². The summed E-state index contributed by atoms with van der Waals surface area (Å²) in [6.45, 7) is 6.40. The van der Waals surface area contributed by atoms with Gasteiger partial charge in [-0.3, -0.25) is 4.79 Å². The number of halogens is 1. The fraction of sp³-hybridized carbons (Fsp3) is 0.611. The molecule has 3 heteroatoms. The van der Waals surface area contributed by atoms with Crippen LogP contribution in [0.15, 0.2) is 18.2 Å². The van der Waals surface area contributed by atoms with E-state index in [4.69, 9.17) is 0 Å². The lowest BCUT2D eigenvalue weighted by atomic mass is 10.0. The molecule has 1 atom stereocenters. The molecule has 1 fully saturated rings. The molecule has 1 N–H and O–H groups in total. The van der Waals surface area contributed by atoms with Crippen molar-refractivity contribution in [2.24, 2.45) is 5.92 Å². The maximum atomic E-state index is 14.1. The van der Waals surface area contributed by atoms with Crippen molar-refractivity contribution in [3.63, 3.8) is 0 Å². The van der Waals surface area contributed by atoms with Crippen LogP contribution in [0.25, 0.3) is 0 Å². The minimum atomic E-state index is -0.393. The van der Waals surface area contributed by atoms with Gasteiger partial charge in [0, 0.05) is 6.04 Å². The largest absolute Gasteiger partial charge is 0.349 e. The fourth-order valence-electron chi connectivity index (χ4n) is 2.56. The molecule has 0 aliphatic heterocycles. The number of hydrogen-bond acceptors (Lipinski definition) is 1. The van der Waals surface area contributed by atoms with E-state index >= 15 is 0 Å². The molecule has 0 bridgehead atoms. The summed E-state index contributed by atoms with van der Waals surface area (Å²) < 4.78 is 14.1. The van der Waals surface area contributed by atoms with E-state index in [0.29, 0.717) is 11.8 Å². The smallest absolute Gasteiger partial charge is 0.254 e. The first-order chi connectivity index (χ1) is 10.0. The van der Waals surface area contributed by atoms with Crippen LogP contribution in [-0.2, 0) is 0 Å². The molecule has 1 saturated carbocycles. The molecular weight excluding hydrogens is 265 g/mol. The van der Waals surface area contributed by atoms with Crippen LogP contribution in [0.1, 0.15) is 74.7 Å². The average Bonchev–Trinajstić information content (AvgIpc) is 3.27. The van der Waals surface area contributed by atoms with Gasteiger partial charge in [-0.25, -0.2) is 4.39 Å². The molecule has 0 spiro atoms. The van der Waals surface area contributed by atoms with Gasteiger partial charge in [0.15, 0.2) is 0 Å². The second kappa shape index (κ2) is 7.06. The number of carbonyl (C=O) groups excluding carboxylic acids is 1. The Balaban J connectivity index is 1.98. The van der Waals surface area contributed by atoms with E-state index in [0.717, 1.165) is 37.7 Å². The lowest BCUT2D eigenvalue weighted by Crippen LogP contribution is -2.35. The van der Waals surface area contributed by atoms with E-state index in [1.54, 1.807) is 6.07 Å². The molecule has 1 aliphatic rings. The number of amides is 1. The molecule has 0 saturated heterocycles.